The first-order chi connectivity index (χ1) is 4.69. The molecule has 0 saturated heterocycles. The Hall–Kier alpha value is -0.0700. The Balaban J connectivity index is 4.43. The summed E-state index contributed by atoms with van der Waals surface area (Å²) >= 11 is 0. The Labute approximate surface area is 70.2 Å². The normalized spacial score (nSPS) is 16.6. The van der Waals surface area contributed by atoms with Gasteiger partial charge >= 0.3 is 0 Å². The lowest BCUT2D eigenvalue weighted by molar-refractivity contribution is 0.0407. The monoisotopic (exact) mass is 160 g/mol. The molecule has 0 heterocycles. The van der Waals surface area contributed by atoms with E-state index in [-0.39, 0.29) is 11.3 Å². The van der Waals surface area contributed by atoms with Crippen molar-refractivity contribution in [1.82, 2.24) is 0 Å². The fourth-order valence-electron chi connectivity index (χ4n) is 2.13. The van der Waals surface area contributed by atoms with Gasteiger partial charge in [0.25, 0.3) is 0 Å². The minimum atomic E-state index is -1.05. The molecule has 0 fully saturated rings. The van der Waals surface area contributed by atoms with Crippen molar-refractivity contribution in [1.29, 1.82) is 0 Å². The zero-order valence-electron chi connectivity index (χ0n) is 8.66. The standard InChI is InChI=1S/C10H21F/c1-7-8(9(2,3)4)10(5,6)11/h8H,7H2,1-6H3/t8-/m0/s1. The Morgan fingerprint density at radius 3 is 1.45 bits per heavy atom. The molecule has 0 aromatic heterocycles. The Morgan fingerprint density at radius 1 is 1.09 bits per heavy atom. The molecule has 0 aromatic rings. The second-order valence-corrected chi connectivity index (χ2v) is 4.89. The Morgan fingerprint density at radius 2 is 1.45 bits per heavy atom. The molecule has 11 heavy (non-hydrogen) atoms. The third-order valence-corrected chi connectivity index (χ3v) is 2.28. The van der Waals surface area contributed by atoms with Crippen LogP contribution in [0.15, 0.2) is 0 Å². The molecule has 0 aliphatic rings. The second kappa shape index (κ2) is 3.12. The quantitative estimate of drug-likeness (QED) is 0.576. The first-order valence-corrected chi connectivity index (χ1v) is 4.38. The van der Waals surface area contributed by atoms with Crippen LogP contribution in [0.25, 0.3) is 0 Å². The highest BCUT2D eigenvalue weighted by atomic mass is 19.1. The number of alkyl halides is 1. The SMILES string of the molecule is CC[C@@H](C(C)(C)C)C(C)(C)F. The molecular formula is C10H21F. The molecule has 0 amide bonds. The molecule has 0 nitrogen and oxygen atoms in total. The van der Waals surface area contributed by atoms with Crippen LogP contribution in [-0.2, 0) is 0 Å². The van der Waals surface area contributed by atoms with E-state index in [9.17, 15) is 4.39 Å². The number of hydrogen-bond donors (Lipinski definition) is 0. The zero-order valence-corrected chi connectivity index (χ0v) is 8.66. The molecule has 0 aliphatic carbocycles. The van der Waals surface area contributed by atoms with Gasteiger partial charge in [-0.2, -0.15) is 0 Å². The molecular weight excluding hydrogens is 139 g/mol. The maximum Gasteiger partial charge on any atom is 0.108 e. The predicted octanol–water partition coefficient (Wildman–Crippen LogP) is 3.81. The van der Waals surface area contributed by atoms with E-state index >= 15 is 0 Å². The van der Waals surface area contributed by atoms with E-state index in [2.05, 4.69) is 27.7 Å². The van der Waals surface area contributed by atoms with Gasteiger partial charge in [-0.15, -0.1) is 0 Å². The molecule has 0 spiro atoms. The first-order valence-electron chi connectivity index (χ1n) is 4.38. The topological polar surface area (TPSA) is 0 Å². The van der Waals surface area contributed by atoms with Crippen molar-refractivity contribution in [3.8, 4) is 0 Å². The van der Waals surface area contributed by atoms with Crippen molar-refractivity contribution in [2.45, 2.75) is 53.6 Å². The summed E-state index contributed by atoms with van der Waals surface area (Å²) in [6.07, 6.45) is 0.910. The number of rotatable bonds is 2. The van der Waals surface area contributed by atoms with Crippen LogP contribution in [0.5, 0.6) is 0 Å². The molecule has 1 atom stereocenters. The van der Waals surface area contributed by atoms with Crippen molar-refractivity contribution < 1.29 is 4.39 Å². The molecule has 68 valence electrons. The molecule has 0 unspecified atom stereocenters. The molecule has 0 saturated carbocycles. The molecule has 0 aromatic carbocycles. The molecule has 0 aliphatic heterocycles. The van der Waals surface area contributed by atoms with Crippen molar-refractivity contribution in [3.05, 3.63) is 0 Å². The van der Waals surface area contributed by atoms with Crippen molar-refractivity contribution in [3.63, 3.8) is 0 Å². The van der Waals surface area contributed by atoms with Gasteiger partial charge in [0.15, 0.2) is 0 Å². The summed E-state index contributed by atoms with van der Waals surface area (Å²) in [6, 6.07) is 0. The predicted molar refractivity (Wildman–Crippen MR) is 48.4 cm³/mol. The highest BCUT2D eigenvalue weighted by Crippen LogP contribution is 2.38. The van der Waals surface area contributed by atoms with Gasteiger partial charge in [-0.25, -0.2) is 4.39 Å². The summed E-state index contributed by atoms with van der Waals surface area (Å²) in [5, 5.41) is 0. The lowest BCUT2D eigenvalue weighted by atomic mass is 9.71. The minimum absolute atomic E-state index is 0.0764. The zero-order chi connectivity index (χ0) is 9.28. The third-order valence-electron chi connectivity index (χ3n) is 2.28. The molecule has 0 rings (SSSR count). The van der Waals surface area contributed by atoms with Crippen molar-refractivity contribution in [2.24, 2.45) is 11.3 Å². The van der Waals surface area contributed by atoms with Crippen molar-refractivity contribution in [2.75, 3.05) is 0 Å². The summed E-state index contributed by atoms with van der Waals surface area (Å²) in [4.78, 5) is 0. The molecule has 0 radical (unpaired) electrons. The smallest absolute Gasteiger partial charge is 0.108 e. The van der Waals surface area contributed by atoms with Crippen LogP contribution in [0, 0.1) is 11.3 Å². The van der Waals surface area contributed by atoms with Crippen molar-refractivity contribution >= 4 is 0 Å². The van der Waals surface area contributed by atoms with E-state index in [1.54, 1.807) is 13.8 Å². The van der Waals surface area contributed by atoms with E-state index in [0.717, 1.165) is 6.42 Å². The van der Waals surface area contributed by atoms with Gasteiger partial charge in [0.05, 0.1) is 0 Å². The highest BCUT2D eigenvalue weighted by Gasteiger charge is 2.36. The maximum absolute atomic E-state index is 13.5. The first kappa shape index (κ1) is 10.9. The van der Waals surface area contributed by atoms with Crippen LogP contribution in [0.1, 0.15) is 48.0 Å². The molecule has 1 heteroatoms. The van der Waals surface area contributed by atoms with Crippen LogP contribution in [0.3, 0.4) is 0 Å². The average molecular weight is 160 g/mol. The number of hydrogen-bond acceptors (Lipinski definition) is 0. The Kier molecular flexibility index (Phi) is 3.10. The largest absolute Gasteiger partial charge is 0.244 e. The van der Waals surface area contributed by atoms with E-state index in [1.807, 2.05) is 0 Å². The minimum Gasteiger partial charge on any atom is -0.244 e. The van der Waals surface area contributed by atoms with E-state index in [4.69, 9.17) is 0 Å². The van der Waals surface area contributed by atoms with E-state index < -0.39 is 5.67 Å². The van der Waals surface area contributed by atoms with Gasteiger partial charge < -0.3 is 0 Å². The summed E-state index contributed by atoms with van der Waals surface area (Å²) < 4.78 is 13.5. The summed E-state index contributed by atoms with van der Waals surface area (Å²) in [7, 11) is 0. The number of halogens is 1. The summed E-state index contributed by atoms with van der Waals surface area (Å²) in [6.45, 7) is 11.7. The van der Waals surface area contributed by atoms with E-state index in [0.29, 0.717) is 0 Å². The fraction of sp³-hybridized carbons (Fsp3) is 1.00. The van der Waals surface area contributed by atoms with Crippen LogP contribution < -0.4 is 0 Å². The van der Waals surface area contributed by atoms with Gasteiger partial charge in [0.2, 0.25) is 0 Å². The van der Waals surface area contributed by atoms with Gasteiger partial charge in [-0.05, 0) is 31.6 Å². The lowest BCUT2D eigenvalue weighted by Gasteiger charge is -2.37. The lowest BCUT2D eigenvalue weighted by Crippen LogP contribution is -2.35. The van der Waals surface area contributed by atoms with E-state index in [1.165, 1.54) is 0 Å². The van der Waals surface area contributed by atoms with Gasteiger partial charge in [0, 0.05) is 0 Å². The summed E-state index contributed by atoms with van der Waals surface area (Å²) in [5.41, 5.74) is -0.972. The van der Waals surface area contributed by atoms with Crippen LogP contribution in [0.2, 0.25) is 0 Å². The highest BCUT2D eigenvalue weighted by molar-refractivity contribution is 4.85. The average Bonchev–Trinajstić information content (AvgIpc) is 1.56. The molecule has 0 N–H and O–H groups in total. The Bertz CT molecular complexity index is 99.8. The fourth-order valence-corrected chi connectivity index (χ4v) is 2.13. The third kappa shape index (κ3) is 3.22. The van der Waals surface area contributed by atoms with Crippen LogP contribution in [0.4, 0.5) is 4.39 Å². The van der Waals surface area contributed by atoms with Gasteiger partial charge in [-0.1, -0.05) is 27.7 Å². The molecule has 0 bridgehead atoms. The summed E-state index contributed by atoms with van der Waals surface area (Å²) in [5.74, 6) is 0.148. The van der Waals surface area contributed by atoms with Crippen LogP contribution >= 0.6 is 0 Å². The van der Waals surface area contributed by atoms with Gasteiger partial charge in [0.1, 0.15) is 5.67 Å². The second-order valence-electron chi connectivity index (χ2n) is 4.89. The van der Waals surface area contributed by atoms with Crippen LogP contribution in [-0.4, -0.2) is 5.67 Å². The maximum atomic E-state index is 13.5. The van der Waals surface area contributed by atoms with Gasteiger partial charge in [-0.3, -0.25) is 0 Å².